The quantitative estimate of drug-likeness (QED) is 0.763. The molecule has 0 spiro atoms. The zero-order chi connectivity index (χ0) is 15.4. The number of ether oxygens (including phenoxy) is 1. The van der Waals surface area contributed by atoms with Crippen molar-refractivity contribution in [3.8, 4) is 5.75 Å². The Labute approximate surface area is 123 Å². The number of hydrogen-bond acceptors (Lipinski definition) is 4. The van der Waals surface area contributed by atoms with Gasteiger partial charge in [-0.15, -0.1) is 0 Å². The predicted octanol–water partition coefficient (Wildman–Crippen LogP) is 1.42. The molecule has 0 aliphatic heterocycles. The van der Waals surface area contributed by atoms with Crippen LogP contribution >= 0.6 is 15.9 Å². The van der Waals surface area contributed by atoms with Gasteiger partial charge in [-0.25, -0.2) is 9.59 Å². The number of aryl methyl sites for hydroxylation is 1. The minimum absolute atomic E-state index is 0.0628. The van der Waals surface area contributed by atoms with E-state index in [0.717, 1.165) is 0 Å². The van der Waals surface area contributed by atoms with Crippen LogP contribution in [-0.2, 0) is 4.79 Å². The number of nitrogens with two attached hydrogens (primary N) is 1. The van der Waals surface area contributed by atoms with Crippen molar-refractivity contribution in [3.05, 3.63) is 27.7 Å². The highest BCUT2D eigenvalue weighted by molar-refractivity contribution is 9.10. The lowest BCUT2D eigenvalue weighted by atomic mass is 10.1. The van der Waals surface area contributed by atoms with Gasteiger partial charge in [-0.1, -0.05) is 15.9 Å². The molecule has 0 radical (unpaired) electrons. The van der Waals surface area contributed by atoms with Gasteiger partial charge in [0.1, 0.15) is 11.3 Å². The standard InChI is InChI=1S/C12H13BrN2O5/c1-5-3-7(13)4-8(11(17)18)9(5)20-6(2)10(16)15-12(14)19/h3-4,6H,1-2H3,(H,17,18)(H3,14,15,16,19). The van der Waals surface area contributed by atoms with E-state index in [2.05, 4.69) is 15.9 Å². The molecule has 0 aliphatic rings. The molecule has 1 rings (SSSR count). The van der Waals surface area contributed by atoms with E-state index < -0.39 is 24.0 Å². The van der Waals surface area contributed by atoms with Crippen molar-refractivity contribution < 1.29 is 24.2 Å². The average molecular weight is 345 g/mol. The van der Waals surface area contributed by atoms with Crippen molar-refractivity contribution in [2.45, 2.75) is 20.0 Å². The minimum atomic E-state index is -1.19. The summed E-state index contributed by atoms with van der Waals surface area (Å²) in [6, 6.07) is 2.01. The molecular formula is C12H13BrN2O5. The second-order valence-electron chi connectivity index (χ2n) is 4.02. The zero-order valence-electron chi connectivity index (χ0n) is 10.8. The van der Waals surface area contributed by atoms with Gasteiger partial charge < -0.3 is 15.6 Å². The molecule has 1 aromatic rings. The van der Waals surface area contributed by atoms with E-state index in [4.69, 9.17) is 15.6 Å². The van der Waals surface area contributed by atoms with E-state index >= 15 is 0 Å². The summed E-state index contributed by atoms with van der Waals surface area (Å²) in [5.74, 6) is -1.88. The number of nitrogens with one attached hydrogen (secondary N) is 1. The first-order chi connectivity index (χ1) is 9.22. The van der Waals surface area contributed by atoms with Crippen molar-refractivity contribution >= 4 is 33.8 Å². The lowest BCUT2D eigenvalue weighted by Crippen LogP contribution is -2.42. The Balaban J connectivity index is 3.05. The molecule has 1 aromatic carbocycles. The van der Waals surface area contributed by atoms with Gasteiger partial charge in [-0.05, 0) is 31.5 Å². The summed E-state index contributed by atoms with van der Waals surface area (Å²) in [7, 11) is 0. The van der Waals surface area contributed by atoms with Crippen LogP contribution in [0.3, 0.4) is 0 Å². The fraction of sp³-hybridized carbons (Fsp3) is 0.250. The predicted molar refractivity (Wildman–Crippen MR) is 73.7 cm³/mol. The lowest BCUT2D eigenvalue weighted by Gasteiger charge is -2.17. The van der Waals surface area contributed by atoms with Crippen molar-refractivity contribution in [2.24, 2.45) is 5.73 Å². The summed E-state index contributed by atoms with van der Waals surface area (Å²) in [6.07, 6.45) is -1.07. The van der Waals surface area contributed by atoms with Crippen molar-refractivity contribution in [1.82, 2.24) is 5.32 Å². The summed E-state index contributed by atoms with van der Waals surface area (Å²) >= 11 is 3.18. The first kappa shape index (κ1) is 16.0. The number of hydrogen-bond donors (Lipinski definition) is 3. The van der Waals surface area contributed by atoms with E-state index in [9.17, 15) is 14.4 Å². The van der Waals surface area contributed by atoms with Crippen LogP contribution in [0, 0.1) is 6.92 Å². The number of urea groups is 1. The molecular weight excluding hydrogens is 332 g/mol. The van der Waals surface area contributed by atoms with E-state index in [1.165, 1.54) is 13.0 Å². The van der Waals surface area contributed by atoms with Crippen LogP contribution in [0.25, 0.3) is 0 Å². The van der Waals surface area contributed by atoms with Gasteiger partial charge in [0.05, 0.1) is 0 Å². The molecule has 1 unspecified atom stereocenters. The van der Waals surface area contributed by atoms with Gasteiger partial charge in [0.15, 0.2) is 6.10 Å². The summed E-state index contributed by atoms with van der Waals surface area (Å²) in [5, 5.41) is 11.0. The van der Waals surface area contributed by atoms with Gasteiger partial charge in [0.25, 0.3) is 5.91 Å². The number of imide groups is 1. The highest BCUT2D eigenvalue weighted by Gasteiger charge is 2.21. The molecule has 7 nitrogen and oxygen atoms in total. The molecule has 108 valence electrons. The molecule has 0 heterocycles. The van der Waals surface area contributed by atoms with E-state index in [1.807, 2.05) is 5.32 Å². The Morgan fingerprint density at radius 3 is 2.50 bits per heavy atom. The van der Waals surface area contributed by atoms with Crippen molar-refractivity contribution in [2.75, 3.05) is 0 Å². The van der Waals surface area contributed by atoms with Crippen LogP contribution < -0.4 is 15.8 Å². The van der Waals surface area contributed by atoms with Crippen LogP contribution in [0.1, 0.15) is 22.8 Å². The molecule has 1 atom stereocenters. The van der Waals surface area contributed by atoms with E-state index in [-0.39, 0.29) is 11.3 Å². The first-order valence-corrected chi connectivity index (χ1v) is 6.32. The number of aromatic carboxylic acids is 1. The third-order valence-corrected chi connectivity index (χ3v) is 2.84. The van der Waals surface area contributed by atoms with Crippen LogP contribution in [0.2, 0.25) is 0 Å². The van der Waals surface area contributed by atoms with E-state index in [0.29, 0.717) is 10.0 Å². The maximum Gasteiger partial charge on any atom is 0.339 e. The molecule has 0 fully saturated rings. The number of carboxylic acids is 1. The molecule has 0 saturated carbocycles. The van der Waals surface area contributed by atoms with Crippen LogP contribution in [0.4, 0.5) is 4.79 Å². The van der Waals surface area contributed by atoms with Crippen LogP contribution in [0.15, 0.2) is 16.6 Å². The number of halogens is 1. The number of benzene rings is 1. The van der Waals surface area contributed by atoms with Crippen molar-refractivity contribution in [3.63, 3.8) is 0 Å². The third-order valence-electron chi connectivity index (χ3n) is 2.38. The molecule has 0 aliphatic carbocycles. The number of carbonyl (C=O) groups excluding carboxylic acids is 2. The molecule has 20 heavy (non-hydrogen) atoms. The SMILES string of the molecule is Cc1cc(Br)cc(C(=O)O)c1OC(C)C(=O)NC(N)=O. The molecule has 4 N–H and O–H groups in total. The Hall–Kier alpha value is -2.09. The van der Waals surface area contributed by atoms with Gasteiger partial charge in [0, 0.05) is 4.47 Å². The van der Waals surface area contributed by atoms with Gasteiger partial charge >= 0.3 is 12.0 Å². The Morgan fingerprint density at radius 2 is 2.00 bits per heavy atom. The molecule has 3 amide bonds. The molecule has 8 heteroatoms. The Morgan fingerprint density at radius 1 is 1.40 bits per heavy atom. The number of primary amides is 1. The first-order valence-electron chi connectivity index (χ1n) is 5.52. The smallest absolute Gasteiger partial charge is 0.339 e. The lowest BCUT2D eigenvalue weighted by molar-refractivity contribution is -0.126. The van der Waals surface area contributed by atoms with E-state index in [1.54, 1.807) is 13.0 Å². The summed E-state index contributed by atoms with van der Waals surface area (Å²) in [5.41, 5.74) is 5.28. The minimum Gasteiger partial charge on any atom is -0.480 e. The summed E-state index contributed by atoms with van der Waals surface area (Å²) in [6.45, 7) is 3.02. The highest BCUT2D eigenvalue weighted by Crippen LogP contribution is 2.29. The molecule has 0 saturated heterocycles. The largest absolute Gasteiger partial charge is 0.480 e. The normalized spacial score (nSPS) is 11.6. The van der Waals surface area contributed by atoms with Crippen LogP contribution in [0.5, 0.6) is 5.75 Å². The molecule has 0 bridgehead atoms. The Bertz CT molecular complexity index is 573. The second-order valence-corrected chi connectivity index (χ2v) is 4.93. The fourth-order valence-corrected chi connectivity index (χ4v) is 2.07. The number of carboxylic acid groups (broad SMARTS) is 1. The van der Waals surface area contributed by atoms with Gasteiger partial charge in [0.2, 0.25) is 0 Å². The highest BCUT2D eigenvalue weighted by atomic mass is 79.9. The van der Waals surface area contributed by atoms with Crippen molar-refractivity contribution in [1.29, 1.82) is 0 Å². The summed E-state index contributed by atoms with van der Waals surface area (Å²) in [4.78, 5) is 33.3. The topological polar surface area (TPSA) is 119 Å². The average Bonchev–Trinajstić information content (AvgIpc) is 2.30. The van der Waals surface area contributed by atoms with Crippen LogP contribution in [-0.4, -0.2) is 29.1 Å². The Kier molecular flexibility index (Phi) is 5.09. The van der Waals surface area contributed by atoms with Gasteiger partial charge in [-0.2, -0.15) is 0 Å². The van der Waals surface area contributed by atoms with Gasteiger partial charge in [-0.3, -0.25) is 10.1 Å². The second kappa shape index (κ2) is 6.38. The number of amides is 3. The number of carbonyl (C=O) groups is 3. The fourth-order valence-electron chi connectivity index (χ4n) is 1.50. The molecule has 0 aromatic heterocycles. The summed E-state index contributed by atoms with van der Waals surface area (Å²) < 4.78 is 5.91. The maximum atomic E-state index is 11.5. The maximum absolute atomic E-state index is 11.5. The monoisotopic (exact) mass is 344 g/mol. The third kappa shape index (κ3) is 3.95. The number of rotatable bonds is 4. The zero-order valence-corrected chi connectivity index (χ0v) is 12.4.